The van der Waals surface area contributed by atoms with Crippen LogP contribution < -0.4 is 5.56 Å². The number of aromatic nitrogens is 2. The predicted octanol–water partition coefficient (Wildman–Crippen LogP) is 4.16. The van der Waals surface area contributed by atoms with E-state index in [1.54, 1.807) is 11.5 Å². The zero-order valence-corrected chi connectivity index (χ0v) is 19.4. The zero-order valence-electron chi connectivity index (χ0n) is 19.4. The minimum Gasteiger partial charge on any atom is -0.461 e. The van der Waals surface area contributed by atoms with Crippen molar-refractivity contribution in [3.63, 3.8) is 0 Å². The number of likely N-dealkylation sites (tertiary alicyclic amines) is 1. The molecule has 2 aromatic carbocycles. The SMILES string of the molecule is CCOC(=O)c1nc2ccccc2n([C@@H](C)C[C@@H]2CCCN2C2Cc3ccccc3C2)c1=O. The average Bonchev–Trinajstić information content (AvgIpc) is 3.45. The van der Waals surface area contributed by atoms with Crippen molar-refractivity contribution in [3.8, 4) is 0 Å². The molecule has 0 amide bonds. The molecule has 0 unspecified atom stereocenters. The van der Waals surface area contributed by atoms with E-state index in [2.05, 4.69) is 41.1 Å². The Bertz CT molecular complexity index is 1210. The molecule has 0 N–H and O–H groups in total. The topological polar surface area (TPSA) is 64.4 Å². The Balaban J connectivity index is 1.43. The molecule has 5 rings (SSSR count). The van der Waals surface area contributed by atoms with Crippen molar-refractivity contribution in [2.24, 2.45) is 0 Å². The van der Waals surface area contributed by atoms with Crippen LogP contribution in [0.5, 0.6) is 0 Å². The third-order valence-corrected chi connectivity index (χ3v) is 7.24. The standard InChI is InChI=1S/C27H31N3O3/c1-3-33-27(32)25-26(31)30(24-13-7-6-12-23(24)28-25)18(2)15-21-11-8-14-29(21)22-16-19-9-4-5-10-20(19)17-22/h4-7,9-10,12-13,18,21-22H,3,8,11,14-17H2,1-2H3/t18-,21-/m0/s1. The molecule has 33 heavy (non-hydrogen) atoms. The smallest absolute Gasteiger partial charge is 0.362 e. The summed E-state index contributed by atoms with van der Waals surface area (Å²) in [6.45, 7) is 5.14. The lowest BCUT2D eigenvalue weighted by Gasteiger charge is -2.32. The summed E-state index contributed by atoms with van der Waals surface area (Å²) in [5, 5.41) is 0. The average molecular weight is 446 g/mol. The molecule has 1 fully saturated rings. The molecule has 172 valence electrons. The molecule has 2 atom stereocenters. The van der Waals surface area contributed by atoms with Crippen LogP contribution in [-0.4, -0.2) is 45.7 Å². The number of nitrogens with zero attached hydrogens (tertiary/aromatic N) is 3. The first-order valence-electron chi connectivity index (χ1n) is 12.1. The molecule has 1 aliphatic carbocycles. The van der Waals surface area contributed by atoms with Crippen molar-refractivity contribution in [1.29, 1.82) is 0 Å². The molecular weight excluding hydrogens is 414 g/mol. The summed E-state index contributed by atoms with van der Waals surface area (Å²) < 4.78 is 6.88. The van der Waals surface area contributed by atoms with Gasteiger partial charge >= 0.3 is 5.97 Å². The second kappa shape index (κ2) is 9.10. The molecule has 1 aromatic heterocycles. The first-order chi connectivity index (χ1) is 16.1. The van der Waals surface area contributed by atoms with Gasteiger partial charge < -0.3 is 9.30 Å². The van der Waals surface area contributed by atoms with Crippen LogP contribution in [-0.2, 0) is 17.6 Å². The normalized spacial score (nSPS) is 19.6. The number of para-hydroxylation sites is 2. The van der Waals surface area contributed by atoms with Crippen LogP contribution in [0.25, 0.3) is 11.0 Å². The molecule has 1 aliphatic heterocycles. The van der Waals surface area contributed by atoms with Gasteiger partial charge in [-0.1, -0.05) is 36.4 Å². The molecule has 2 heterocycles. The molecular formula is C27H31N3O3. The third kappa shape index (κ3) is 4.08. The number of carbonyl (C=O) groups excluding carboxylic acids is 1. The fourth-order valence-electron chi connectivity index (χ4n) is 5.79. The molecule has 0 saturated carbocycles. The maximum atomic E-state index is 13.4. The van der Waals surface area contributed by atoms with Gasteiger partial charge in [0.1, 0.15) is 0 Å². The highest BCUT2D eigenvalue weighted by Gasteiger charge is 2.35. The van der Waals surface area contributed by atoms with Crippen molar-refractivity contribution in [1.82, 2.24) is 14.5 Å². The van der Waals surface area contributed by atoms with Crippen LogP contribution in [0.15, 0.2) is 53.3 Å². The minimum absolute atomic E-state index is 0.0621. The molecule has 0 radical (unpaired) electrons. The van der Waals surface area contributed by atoms with Gasteiger partial charge in [0.05, 0.1) is 17.6 Å². The summed E-state index contributed by atoms with van der Waals surface area (Å²) in [4.78, 5) is 32.9. The van der Waals surface area contributed by atoms with Crippen molar-refractivity contribution < 1.29 is 9.53 Å². The molecule has 3 aromatic rings. The monoisotopic (exact) mass is 445 g/mol. The van der Waals surface area contributed by atoms with Gasteiger partial charge in [-0.25, -0.2) is 9.78 Å². The van der Waals surface area contributed by atoms with Gasteiger partial charge in [-0.2, -0.15) is 0 Å². The Morgan fingerprint density at radius 2 is 1.82 bits per heavy atom. The van der Waals surface area contributed by atoms with E-state index in [1.807, 2.05) is 24.3 Å². The number of carbonyl (C=O) groups is 1. The Morgan fingerprint density at radius 3 is 2.55 bits per heavy atom. The summed E-state index contributed by atoms with van der Waals surface area (Å²) >= 11 is 0. The number of fused-ring (bicyclic) bond motifs is 2. The van der Waals surface area contributed by atoms with Gasteiger partial charge in [-0.05, 0) is 75.8 Å². The highest BCUT2D eigenvalue weighted by Crippen LogP contribution is 2.33. The number of benzene rings is 2. The lowest BCUT2D eigenvalue weighted by molar-refractivity contribution is 0.0516. The maximum absolute atomic E-state index is 13.4. The van der Waals surface area contributed by atoms with Gasteiger partial charge in [0.2, 0.25) is 5.69 Å². The van der Waals surface area contributed by atoms with Gasteiger partial charge in [0.15, 0.2) is 0 Å². The fourth-order valence-corrected chi connectivity index (χ4v) is 5.79. The van der Waals surface area contributed by atoms with Crippen LogP contribution in [0.3, 0.4) is 0 Å². The first kappa shape index (κ1) is 21.8. The minimum atomic E-state index is -0.652. The fraction of sp³-hybridized carbons (Fsp3) is 0.444. The number of ether oxygens (including phenoxy) is 1. The zero-order chi connectivity index (χ0) is 22.9. The Morgan fingerprint density at radius 1 is 1.12 bits per heavy atom. The van der Waals surface area contributed by atoms with E-state index in [1.165, 1.54) is 17.5 Å². The van der Waals surface area contributed by atoms with E-state index in [-0.39, 0.29) is 23.9 Å². The lowest BCUT2D eigenvalue weighted by atomic mass is 10.0. The van der Waals surface area contributed by atoms with Gasteiger partial charge in [0, 0.05) is 18.1 Å². The van der Waals surface area contributed by atoms with Crippen LogP contribution in [0.4, 0.5) is 0 Å². The highest BCUT2D eigenvalue weighted by atomic mass is 16.5. The molecule has 6 heteroatoms. The Labute approximate surface area is 194 Å². The van der Waals surface area contributed by atoms with Gasteiger partial charge in [-0.3, -0.25) is 9.69 Å². The van der Waals surface area contributed by atoms with Crippen molar-refractivity contribution in [3.05, 3.63) is 75.7 Å². The van der Waals surface area contributed by atoms with E-state index in [0.29, 0.717) is 17.6 Å². The number of hydrogen-bond acceptors (Lipinski definition) is 5. The third-order valence-electron chi connectivity index (χ3n) is 7.24. The molecule has 1 saturated heterocycles. The quantitative estimate of drug-likeness (QED) is 0.533. The van der Waals surface area contributed by atoms with Gasteiger partial charge in [0.25, 0.3) is 5.56 Å². The number of esters is 1. The lowest BCUT2D eigenvalue weighted by Crippen LogP contribution is -2.41. The Kier molecular flexibility index (Phi) is 6.02. The largest absolute Gasteiger partial charge is 0.461 e. The van der Waals surface area contributed by atoms with E-state index in [0.717, 1.165) is 37.7 Å². The van der Waals surface area contributed by atoms with Crippen LogP contribution in [0.2, 0.25) is 0 Å². The second-order valence-electron chi connectivity index (χ2n) is 9.29. The van der Waals surface area contributed by atoms with E-state index < -0.39 is 5.97 Å². The maximum Gasteiger partial charge on any atom is 0.362 e. The van der Waals surface area contributed by atoms with Crippen molar-refractivity contribution in [2.45, 2.75) is 64.1 Å². The van der Waals surface area contributed by atoms with E-state index in [9.17, 15) is 9.59 Å². The van der Waals surface area contributed by atoms with Gasteiger partial charge in [-0.15, -0.1) is 0 Å². The summed E-state index contributed by atoms with van der Waals surface area (Å²) in [5.74, 6) is -0.652. The summed E-state index contributed by atoms with van der Waals surface area (Å²) in [5.41, 5.74) is 3.85. The second-order valence-corrected chi connectivity index (χ2v) is 9.29. The van der Waals surface area contributed by atoms with Crippen molar-refractivity contribution in [2.75, 3.05) is 13.2 Å². The van der Waals surface area contributed by atoms with Crippen molar-refractivity contribution >= 4 is 17.0 Å². The van der Waals surface area contributed by atoms with E-state index in [4.69, 9.17) is 4.74 Å². The number of rotatable bonds is 6. The molecule has 0 spiro atoms. The molecule has 2 aliphatic rings. The predicted molar refractivity (Wildman–Crippen MR) is 129 cm³/mol. The van der Waals surface area contributed by atoms with E-state index >= 15 is 0 Å². The molecule has 0 bridgehead atoms. The number of hydrogen-bond donors (Lipinski definition) is 0. The van der Waals surface area contributed by atoms with Crippen LogP contribution in [0.1, 0.15) is 60.8 Å². The highest BCUT2D eigenvalue weighted by molar-refractivity contribution is 5.89. The first-order valence-corrected chi connectivity index (χ1v) is 12.1. The summed E-state index contributed by atoms with van der Waals surface area (Å²) in [6.07, 6.45) is 5.39. The summed E-state index contributed by atoms with van der Waals surface area (Å²) in [7, 11) is 0. The van der Waals surface area contributed by atoms with Crippen LogP contribution in [0, 0.1) is 0 Å². The molecule has 6 nitrogen and oxygen atoms in total. The Hall–Kier alpha value is -2.99. The summed E-state index contributed by atoms with van der Waals surface area (Å²) in [6, 6.07) is 17.2. The van der Waals surface area contributed by atoms with Crippen LogP contribution >= 0.6 is 0 Å².